The molecule has 4 aromatic rings. The number of anilines is 1. The molecule has 0 amide bonds. The minimum atomic E-state index is 0.0915. The van der Waals surface area contributed by atoms with E-state index in [0.717, 1.165) is 28.1 Å². The Morgan fingerprint density at radius 1 is 1.08 bits per heavy atom. The summed E-state index contributed by atoms with van der Waals surface area (Å²) in [4.78, 5) is 13.2. The van der Waals surface area contributed by atoms with Crippen LogP contribution in [0, 0.1) is 6.92 Å². The molecule has 24 heavy (non-hydrogen) atoms. The molecule has 6 heteroatoms. The standard InChI is InChI=1S/C18H18N6/c1-11(14-6-4-5-13-9-19-8-7-15(13)14)21-17-16-10-20-24(3)18(16)23-12(2)22-17/h4-11H,1-3H3,(H,21,22,23)/t11-/m0/s1. The van der Waals surface area contributed by atoms with Crippen molar-refractivity contribution in [1.82, 2.24) is 24.7 Å². The van der Waals surface area contributed by atoms with Gasteiger partial charge < -0.3 is 5.32 Å². The van der Waals surface area contributed by atoms with Gasteiger partial charge in [0.2, 0.25) is 0 Å². The topological polar surface area (TPSA) is 68.5 Å². The highest BCUT2D eigenvalue weighted by Gasteiger charge is 2.14. The van der Waals surface area contributed by atoms with Crippen molar-refractivity contribution < 1.29 is 0 Å². The Hall–Kier alpha value is -3.02. The number of fused-ring (bicyclic) bond motifs is 2. The van der Waals surface area contributed by atoms with Gasteiger partial charge in [-0.3, -0.25) is 9.67 Å². The Balaban J connectivity index is 1.78. The lowest BCUT2D eigenvalue weighted by molar-refractivity contribution is 0.782. The molecule has 0 radical (unpaired) electrons. The van der Waals surface area contributed by atoms with Gasteiger partial charge in [-0.05, 0) is 30.9 Å². The number of nitrogens with zero attached hydrogens (tertiary/aromatic N) is 5. The number of hydrogen-bond donors (Lipinski definition) is 1. The van der Waals surface area contributed by atoms with Crippen molar-refractivity contribution in [3.8, 4) is 0 Å². The summed E-state index contributed by atoms with van der Waals surface area (Å²) in [6, 6.07) is 8.41. The average molecular weight is 318 g/mol. The van der Waals surface area contributed by atoms with Crippen molar-refractivity contribution in [3.05, 3.63) is 54.2 Å². The Kier molecular flexibility index (Phi) is 3.37. The largest absolute Gasteiger partial charge is 0.363 e. The van der Waals surface area contributed by atoms with Gasteiger partial charge >= 0.3 is 0 Å². The third kappa shape index (κ3) is 2.36. The first-order valence-corrected chi connectivity index (χ1v) is 7.89. The minimum absolute atomic E-state index is 0.0915. The van der Waals surface area contributed by atoms with Crippen LogP contribution in [0.15, 0.2) is 42.9 Å². The van der Waals surface area contributed by atoms with Crippen molar-refractivity contribution in [2.45, 2.75) is 19.9 Å². The molecular formula is C18H18N6. The molecule has 0 aliphatic heterocycles. The van der Waals surface area contributed by atoms with Crippen LogP contribution in [0.3, 0.4) is 0 Å². The highest BCUT2D eigenvalue weighted by molar-refractivity contribution is 5.88. The summed E-state index contributed by atoms with van der Waals surface area (Å²) in [6.45, 7) is 4.03. The number of hydrogen-bond acceptors (Lipinski definition) is 5. The van der Waals surface area contributed by atoms with Crippen molar-refractivity contribution in [2.75, 3.05) is 5.32 Å². The molecule has 120 valence electrons. The van der Waals surface area contributed by atoms with Crippen molar-refractivity contribution >= 4 is 27.6 Å². The first-order valence-electron chi connectivity index (χ1n) is 7.89. The van der Waals surface area contributed by atoms with Crippen LogP contribution in [0.1, 0.15) is 24.4 Å². The first-order chi connectivity index (χ1) is 11.6. The molecular weight excluding hydrogens is 300 g/mol. The summed E-state index contributed by atoms with van der Waals surface area (Å²) >= 11 is 0. The van der Waals surface area contributed by atoms with Gasteiger partial charge in [-0.2, -0.15) is 5.10 Å². The Bertz CT molecular complexity index is 1030. The molecule has 3 heterocycles. The number of benzene rings is 1. The maximum Gasteiger partial charge on any atom is 0.163 e. The summed E-state index contributed by atoms with van der Waals surface area (Å²) in [6.07, 6.45) is 5.52. The summed E-state index contributed by atoms with van der Waals surface area (Å²) in [7, 11) is 1.89. The van der Waals surface area contributed by atoms with E-state index in [1.807, 2.05) is 32.4 Å². The summed E-state index contributed by atoms with van der Waals surface area (Å²) in [5.41, 5.74) is 2.04. The molecule has 0 unspecified atom stereocenters. The fraction of sp³-hybridized carbons (Fsp3) is 0.222. The van der Waals surface area contributed by atoms with Gasteiger partial charge in [-0.15, -0.1) is 0 Å². The predicted molar refractivity (Wildman–Crippen MR) is 94.8 cm³/mol. The van der Waals surface area contributed by atoms with E-state index in [4.69, 9.17) is 0 Å². The average Bonchev–Trinajstić information content (AvgIpc) is 2.95. The van der Waals surface area contributed by atoms with Crippen LogP contribution >= 0.6 is 0 Å². The van der Waals surface area contributed by atoms with Crippen LogP contribution in [-0.2, 0) is 7.05 Å². The fourth-order valence-electron chi connectivity index (χ4n) is 3.05. The van der Waals surface area contributed by atoms with Crippen LogP contribution in [-0.4, -0.2) is 24.7 Å². The zero-order valence-corrected chi connectivity index (χ0v) is 13.9. The molecule has 0 bridgehead atoms. The van der Waals surface area contributed by atoms with Crippen molar-refractivity contribution in [1.29, 1.82) is 0 Å². The van der Waals surface area contributed by atoms with E-state index in [1.54, 1.807) is 10.9 Å². The van der Waals surface area contributed by atoms with Crippen molar-refractivity contribution in [3.63, 3.8) is 0 Å². The normalized spacial score (nSPS) is 12.6. The molecule has 1 atom stereocenters. The lowest BCUT2D eigenvalue weighted by Crippen LogP contribution is -2.10. The van der Waals surface area contributed by atoms with E-state index in [-0.39, 0.29) is 6.04 Å². The van der Waals surface area contributed by atoms with Crippen LogP contribution in [0.5, 0.6) is 0 Å². The molecule has 4 rings (SSSR count). The van der Waals surface area contributed by atoms with E-state index < -0.39 is 0 Å². The van der Waals surface area contributed by atoms with Crippen LogP contribution in [0.25, 0.3) is 21.8 Å². The van der Waals surface area contributed by atoms with E-state index in [9.17, 15) is 0 Å². The zero-order chi connectivity index (χ0) is 16.7. The van der Waals surface area contributed by atoms with Gasteiger partial charge in [-0.25, -0.2) is 9.97 Å². The molecule has 0 saturated carbocycles. The molecule has 1 N–H and O–H groups in total. The molecule has 0 aliphatic carbocycles. The van der Waals surface area contributed by atoms with E-state index in [1.165, 1.54) is 10.9 Å². The van der Waals surface area contributed by atoms with Crippen LogP contribution in [0.2, 0.25) is 0 Å². The van der Waals surface area contributed by atoms with Gasteiger partial charge in [0.25, 0.3) is 0 Å². The quantitative estimate of drug-likeness (QED) is 0.627. The van der Waals surface area contributed by atoms with E-state index >= 15 is 0 Å². The number of pyridine rings is 1. The highest BCUT2D eigenvalue weighted by Crippen LogP contribution is 2.28. The van der Waals surface area contributed by atoms with Gasteiger partial charge in [0.1, 0.15) is 11.6 Å². The smallest absolute Gasteiger partial charge is 0.163 e. The Labute approximate surface area is 139 Å². The lowest BCUT2D eigenvalue weighted by atomic mass is 10.0. The van der Waals surface area contributed by atoms with Crippen LogP contribution in [0.4, 0.5) is 5.82 Å². The first kappa shape index (κ1) is 14.6. The van der Waals surface area contributed by atoms with E-state index in [2.05, 4.69) is 50.5 Å². The SMILES string of the molecule is Cc1nc(N[C@@H](C)c2cccc3cnccc23)c2cnn(C)c2n1. The van der Waals surface area contributed by atoms with Gasteiger partial charge in [-0.1, -0.05) is 18.2 Å². The van der Waals surface area contributed by atoms with Gasteiger partial charge in [0, 0.05) is 24.8 Å². The maximum atomic E-state index is 4.57. The maximum absolute atomic E-state index is 4.57. The Morgan fingerprint density at radius 2 is 1.96 bits per heavy atom. The number of aryl methyl sites for hydroxylation is 2. The summed E-state index contributed by atoms with van der Waals surface area (Å²) in [5, 5.41) is 11.1. The second-order valence-electron chi connectivity index (χ2n) is 5.93. The predicted octanol–water partition coefficient (Wildman–Crippen LogP) is 3.39. The van der Waals surface area contributed by atoms with Crippen molar-refractivity contribution in [2.24, 2.45) is 7.05 Å². The highest BCUT2D eigenvalue weighted by atomic mass is 15.3. The number of nitrogens with one attached hydrogen (secondary N) is 1. The monoisotopic (exact) mass is 318 g/mol. The van der Waals surface area contributed by atoms with E-state index in [0.29, 0.717) is 0 Å². The summed E-state index contributed by atoms with van der Waals surface area (Å²) < 4.78 is 1.77. The van der Waals surface area contributed by atoms with Crippen LogP contribution < -0.4 is 5.32 Å². The lowest BCUT2D eigenvalue weighted by Gasteiger charge is -2.17. The molecule has 0 spiro atoms. The molecule has 0 aliphatic rings. The van der Waals surface area contributed by atoms with Gasteiger partial charge in [0.15, 0.2) is 5.65 Å². The molecule has 0 fully saturated rings. The molecule has 1 aromatic carbocycles. The molecule has 0 saturated heterocycles. The Morgan fingerprint density at radius 3 is 2.83 bits per heavy atom. The second-order valence-corrected chi connectivity index (χ2v) is 5.93. The molecule has 3 aromatic heterocycles. The number of aromatic nitrogens is 5. The number of rotatable bonds is 3. The summed E-state index contributed by atoms with van der Waals surface area (Å²) in [5.74, 6) is 1.53. The molecule has 6 nitrogen and oxygen atoms in total. The zero-order valence-electron chi connectivity index (χ0n) is 13.9. The fourth-order valence-corrected chi connectivity index (χ4v) is 3.05. The third-order valence-electron chi connectivity index (χ3n) is 4.24. The second kappa shape index (κ2) is 5.56. The van der Waals surface area contributed by atoms with Gasteiger partial charge in [0.05, 0.1) is 17.6 Å². The third-order valence-corrected chi connectivity index (χ3v) is 4.24. The minimum Gasteiger partial charge on any atom is -0.363 e.